The van der Waals surface area contributed by atoms with Gasteiger partial charge in [0.25, 0.3) is 5.89 Å². The maximum atomic E-state index is 6.11. The van der Waals surface area contributed by atoms with E-state index in [9.17, 15) is 0 Å². The Morgan fingerprint density at radius 3 is 2.40 bits per heavy atom. The Morgan fingerprint density at radius 2 is 1.70 bits per heavy atom. The van der Waals surface area contributed by atoms with E-state index in [1.165, 1.54) is 0 Å². The first-order chi connectivity index (χ1) is 9.65. The Morgan fingerprint density at radius 1 is 1.00 bits per heavy atom. The predicted molar refractivity (Wildman–Crippen MR) is 75.2 cm³/mol. The molecule has 0 aliphatic heterocycles. The molecule has 0 radical (unpaired) electrons. The van der Waals surface area contributed by atoms with Crippen LogP contribution in [-0.2, 0) is 0 Å². The summed E-state index contributed by atoms with van der Waals surface area (Å²) in [5.41, 5.74) is 2.23. The smallest absolute Gasteiger partial charge is 0.251 e. The molecule has 0 aliphatic carbocycles. The first-order valence-electron chi connectivity index (χ1n) is 6.04. The summed E-state index contributed by atoms with van der Waals surface area (Å²) in [4.78, 5) is 8.44. The van der Waals surface area contributed by atoms with Crippen LogP contribution in [0.4, 0.5) is 0 Å². The van der Waals surface area contributed by atoms with Gasteiger partial charge in [-0.1, -0.05) is 23.7 Å². The van der Waals surface area contributed by atoms with Gasteiger partial charge < -0.3 is 4.42 Å². The summed E-state index contributed by atoms with van der Waals surface area (Å²) in [5.74, 6) is 1.47. The van der Waals surface area contributed by atoms with Crippen molar-refractivity contribution in [1.82, 2.24) is 20.2 Å². The first kappa shape index (κ1) is 12.7. The number of benzene rings is 1. The van der Waals surface area contributed by atoms with Gasteiger partial charge in [0, 0.05) is 6.20 Å². The highest BCUT2D eigenvalue weighted by molar-refractivity contribution is 6.33. The number of hydrogen-bond donors (Lipinski definition) is 0. The molecule has 0 amide bonds. The highest BCUT2D eigenvalue weighted by atomic mass is 35.5. The molecule has 3 aromatic rings. The van der Waals surface area contributed by atoms with Crippen LogP contribution in [0.25, 0.3) is 22.9 Å². The molecule has 0 saturated carbocycles. The van der Waals surface area contributed by atoms with Crippen molar-refractivity contribution >= 4 is 11.6 Å². The molecule has 0 fully saturated rings. The molecule has 5 nitrogen and oxygen atoms in total. The van der Waals surface area contributed by atoms with Crippen LogP contribution in [0, 0.1) is 13.8 Å². The van der Waals surface area contributed by atoms with Crippen LogP contribution in [0.2, 0.25) is 5.02 Å². The van der Waals surface area contributed by atoms with E-state index in [0.717, 1.165) is 11.3 Å². The van der Waals surface area contributed by atoms with Crippen molar-refractivity contribution in [2.75, 3.05) is 0 Å². The molecule has 0 bridgehead atoms. The summed E-state index contributed by atoms with van der Waals surface area (Å²) < 4.78 is 5.67. The highest BCUT2D eigenvalue weighted by Crippen LogP contribution is 2.29. The summed E-state index contributed by atoms with van der Waals surface area (Å²) in [6.07, 6.45) is 1.68. The number of rotatable bonds is 2. The highest BCUT2D eigenvalue weighted by Gasteiger charge is 2.15. The van der Waals surface area contributed by atoms with E-state index in [0.29, 0.717) is 28.2 Å². The third-order valence-electron chi connectivity index (χ3n) is 2.86. The van der Waals surface area contributed by atoms with E-state index in [1.54, 1.807) is 12.3 Å². The van der Waals surface area contributed by atoms with E-state index in [4.69, 9.17) is 16.0 Å². The zero-order valence-corrected chi connectivity index (χ0v) is 11.7. The molecule has 2 aromatic heterocycles. The Kier molecular flexibility index (Phi) is 3.20. The van der Waals surface area contributed by atoms with Crippen LogP contribution in [-0.4, -0.2) is 20.2 Å². The van der Waals surface area contributed by atoms with Gasteiger partial charge in [-0.05, 0) is 26.0 Å². The Labute approximate surface area is 120 Å². The Balaban J connectivity index is 2.04. The van der Waals surface area contributed by atoms with E-state index in [-0.39, 0.29) is 0 Å². The molecule has 0 N–H and O–H groups in total. The van der Waals surface area contributed by atoms with Gasteiger partial charge in [-0.15, -0.1) is 10.2 Å². The number of nitrogens with zero attached hydrogens (tertiary/aromatic N) is 4. The van der Waals surface area contributed by atoms with Crippen molar-refractivity contribution in [2.45, 2.75) is 13.8 Å². The molecule has 6 heteroatoms. The maximum absolute atomic E-state index is 6.11. The average Bonchev–Trinajstić information content (AvgIpc) is 2.88. The third-order valence-corrected chi connectivity index (χ3v) is 3.19. The topological polar surface area (TPSA) is 64.7 Å². The van der Waals surface area contributed by atoms with Crippen molar-refractivity contribution in [2.24, 2.45) is 0 Å². The van der Waals surface area contributed by atoms with Crippen LogP contribution in [0.5, 0.6) is 0 Å². The molecular weight excluding hydrogens is 276 g/mol. The fourth-order valence-electron chi connectivity index (χ4n) is 1.87. The van der Waals surface area contributed by atoms with Gasteiger partial charge in [0.1, 0.15) is 5.82 Å². The molecule has 0 aliphatic rings. The van der Waals surface area contributed by atoms with Crippen LogP contribution < -0.4 is 0 Å². The fourth-order valence-corrected chi connectivity index (χ4v) is 2.09. The van der Waals surface area contributed by atoms with Crippen molar-refractivity contribution in [3.05, 3.63) is 47.0 Å². The molecule has 20 heavy (non-hydrogen) atoms. The number of hydrogen-bond acceptors (Lipinski definition) is 5. The molecule has 0 saturated heterocycles. The van der Waals surface area contributed by atoms with E-state index >= 15 is 0 Å². The minimum Gasteiger partial charge on any atom is -0.416 e. The lowest BCUT2D eigenvalue weighted by Gasteiger charge is -2.00. The lowest BCUT2D eigenvalue weighted by atomic mass is 10.2. The predicted octanol–water partition coefficient (Wildman–Crippen LogP) is 3.46. The zero-order chi connectivity index (χ0) is 14.1. The lowest BCUT2D eigenvalue weighted by Crippen LogP contribution is -1.93. The van der Waals surface area contributed by atoms with Crippen molar-refractivity contribution < 1.29 is 4.42 Å². The molecule has 0 spiro atoms. The third kappa shape index (κ3) is 2.28. The van der Waals surface area contributed by atoms with Gasteiger partial charge in [-0.3, -0.25) is 0 Å². The van der Waals surface area contributed by atoms with Crippen LogP contribution in [0.3, 0.4) is 0 Å². The molecule has 1 aromatic carbocycles. The van der Waals surface area contributed by atoms with Gasteiger partial charge in [0.15, 0.2) is 0 Å². The SMILES string of the molecule is Cc1ncc(-c2nnc(-c3ccccc3Cl)o2)c(C)n1. The normalized spacial score (nSPS) is 10.8. The molecule has 0 atom stereocenters. The van der Waals surface area contributed by atoms with Gasteiger partial charge in [-0.25, -0.2) is 9.97 Å². The van der Waals surface area contributed by atoms with Crippen LogP contribution in [0.15, 0.2) is 34.9 Å². The number of aromatic nitrogens is 4. The molecule has 100 valence electrons. The summed E-state index contributed by atoms with van der Waals surface area (Å²) in [6.45, 7) is 3.71. The van der Waals surface area contributed by atoms with Crippen molar-refractivity contribution in [3.8, 4) is 22.9 Å². The Hall–Kier alpha value is -2.27. The van der Waals surface area contributed by atoms with Gasteiger partial charge in [0.2, 0.25) is 5.89 Å². The molecule has 2 heterocycles. The summed E-state index contributed by atoms with van der Waals surface area (Å²) in [7, 11) is 0. The molecule has 0 unspecified atom stereocenters. The summed E-state index contributed by atoms with van der Waals surface area (Å²) in [5, 5.41) is 8.64. The Bertz CT molecular complexity index is 769. The minimum atomic E-state index is 0.380. The van der Waals surface area contributed by atoms with Crippen molar-refractivity contribution in [1.29, 1.82) is 0 Å². The van der Waals surface area contributed by atoms with Gasteiger partial charge in [-0.2, -0.15) is 0 Å². The van der Waals surface area contributed by atoms with E-state index in [2.05, 4.69) is 20.2 Å². The van der Waals surface area contributed by atoms with E-state index < -0.39 is 0 Å². The average molecular weight is 287 g/mol. The largest absolute Gasteiger partial charge is 0.416 e. The standard InChI is InChI=1S/C14H11ClN4O/c1-8-11(7-16-9(2)17-8)14-19-18-13(20-14)10-5-3-4-6-12(10)15/h3-7H,1-2H3. The first-order valence-corrected chi connectivity index (χ1v) is 6.42. The van der Waals surface area contributed by atoms with Crippen LogP contribution >= 0.6 is 11.6 Å². The number of aryl methyl sites for hydroxylation is 2. The zero-order valence-electron chi connectivity index (χ0n) is 11.0. The summed E-state index contributed by atoms with van der Waals surface area (Å²) >= 11 is 6.11. The quantitative estimate of drug-likeness (QED) is 0.722. The molecule has 3 rings (SSSR count). The van der Waals surface area contributed by atoms with E-state index in [1.807, 2.05) is 32.0 Å². The second kappa shape index (κ2) is 5.02. The van der Waals surface area contributed by atoms with Crippen molar-refractivity contribution in [3.63, 3.8) is 0 Å². The summed E-state index contributed by atoms with van der Waals surface area (Å²) in [6, 6.07) is 7.32. The fraction of sp³-hybridized carbons (Fsp3) is 0.143. The van der Waals surface area contributed by atoms with Gasteiger partial charge in [0.05, 0.1) is 21.8 Å². The molecular formula is C14H11ClN4O. The van der Waals surface area contributed by atoms with Gasteiger partial charge >= 0.3 is 0 Å². The monoisotopic (exact) mass is 286 g/mol. The van der Waals surface area contributed by atoms with Crippen LogP contribution in [0.1, 0.15) is 11.5 Å². The lowest BCUT2D eigenvalue weighted by molar-refractivity contribution is 0.583. The maximum Gasteiger partial charge on any atom is 0.251 e. The second-order valence-electron chi connectivity index (χ2n) is 4.31. The minimum absolute atomic E-state index is 0.380. The second-order valence-corrected chi connectivity index (χ2v) is 4.72. The number of halogens is 1.